The Morgan fingerprint density at radius 1 is 0.956 bits per heavy atom. The van der Waals surface area contributed by atoms with Crippen LogP contribution in [0.3, 0.4) is 0 Å². The smallest absolute Gasteiger partial charge is 0.306 e. The molecule has 3 atom stereocenters. The Balaban J connectivity index is 1.30. The molecule has 3 N–H and O–H groups in total. The number of amides is 2. The molecule has 4 rings (SSSR count). The van der Waals surface area contributed by atoms with E-state index in [4.69, 9.17) is 9.47 Å². The summed E-state index contributed by atoms with van der Waals surface area (Å²) in [6.45, 7) is 0.316. The minimum Gasteiger partial charge on any atom is -0.489 e. The normalized spacial score (nSPS) is 18.1. The number of aliphatic hydroxyl groups is 1. The number of carbonyl (C=O) groups is 3. The second kappa shape index (κ2) is 18.7. The van der Waals surface area contributed by atoms with Gasteiger partial charge >= 0.3 is 5.97 Å². The number of cyclic esters (lactones) is 1. The van der Waals surface area contributed by atoms with E-state index < -0.39 is 12.0 Å². The monoisotopic (exact) mass is 630 g/mol. The van der Waals surface area contributed by atoms with Crippen LogP contribution in [0.25, 0.3) is 0 Å². The molecule has 3 aromatic carbocycles. The number of thioether (sulfide) groups is 1. The maximum atomic E-state index is 13.4. The third kappa shape index (κ3) is 12.4. The number of allylic oxidation sites excluding steroid dienone is 2. The van der Waals surface area contributed by atoms with Gasteiger partial charge in [0, 0.05) is 24.3 Å². The van der Waals surface area contributed by atoms with Crippen molar-refractivity contribution in [1.82, 2.24) is 10.6 Å². The van der Waals surface area contributed by atoms with Gasteiger partial charge in [-0.3, -0.25) is 14.4 Å². The fraction of sp³-hybridized carbons (Fsp3) is 0.361. The van der Waals surface area contributed by atoms with Gasteiger partial charge in [-0.2, -0.15) is 11.8 Å². The van der Waals surface area contributed by atoms with E-state index in [0.29, 0.717) is 31.6 Å². The highest BCUT2D eigenvalue weighted by Gasteiger charge is 2.25. The number of hydrogen-bond donors (Lipinski definition) is 3. The molecule has 45 heavy (non-hydrogen) atoms. The lowest BCUT2D eigenvalue weighted by Gasteiger charge is -2.23. The summed E-state index contributed by atoms with van der Waals surface area (Å²) in [5.41, 5.74) is 3.19. The molecule has 0 aromatic heterocycles. The summed E-state index contributed by atoms with van der Waals surface area (Å²) < 4.78 is 11.3. The van der Waals surface area contributed by atoms with Crippen molar-refractivity contribution in [3.8, 4) is 5.75 Å². The number of aliphatic hydroxyl groups excluding tert-OH is 1. The molecule has 3 aromatic rings. The first-order chi connectivity index (χ1) is 22.0. The minimum atomic E-state index is -0.599. The molecule has 1 aliphatic rings. The van der Waals surface area contributed by atoms with Crippen molar-refractivity contribution in [3.05, 3.63) is 114 Å². The van der Waals surface area contributed by atoms with Crippen molar-refractivity contribution in [2.75, 3.05) is 19.0 Å². The third-order valence-corrected chi connectivity index (χ3v) is 8.54. The second-order valence-electron chi connectivity index (χ2n) is 11.1. The Morgan fingerprint density at radius 2 is 1.67 bits per heavy atom. The molecular formula is C36H42N2O6S. The van der Waals surface area contributed by atoms with Gasteiger partial charge in [-0.15, -0.1) is 0 Å². The molecule has 0 aliphatic carbocycles. The highest BCUT2D eigenvalue weighted by Crippen LogP contribution is 2.18. The fourth-order valence-corrected chi connectivity index (χ4v) is 5.90. The van der Waals surface area contributed by atoms with Gasteiger partial charge in [0.2, 0.25) is 11.8 Å². The SMILES string of the molecule is O=C(CC1CC=CCCC(=O)OCC(CSCc2ccccc2)NC1=O)NC(CO)Cc1ccc(OCc2ccccc2)cc1. The van der Waals surface area contributed by atoms with E-state index in [-0.39, 0.29) is 49.9 Å². The number of carbonyl (C=O) groups excluding carboxylic acids is 3. The van der Waals surface area contributed by atoms with Crippen molar-refractivity contribution in [2.45, 2.75) is 56.5 Å². The number of benzene rings is 3. The largest absolute Gasteiger partial charge is 0.489 e. The van der Waals surface area contributed by atoms with Crippen molar-refractivity contribution < 1.29 is 29.0 Å². The van der Waals surface area contributed by atoms with Gasteiger partial charge in [0.25, 0.3) is 0 Å². The molecule has 0 bridgehead atoms. The van der Waals surface area contributed by atoms with Crippen LogP contribution < -0.4 is 15.4 Å². The van der Waals surface area contributed by atoms with Gasteiger partial charge in [0.15, 0.2) is 0 Å². The quantitative estimate of drug-likeness (QED) is 0.180. The highest BCUT2D eigenvalue weighted by molar-refractivity contribution is 7.98. The van der Waals surface area contributed by atoms with Crippen LogP contribution in [0.4, 0.5) is 0 Å². The number of esters is 1. The topological polar surface area (TPSA) is 114 Å². The van der Waals surface area contributed by atoms with Gasteiger partial charge in [-0.25, -0.2) is 0 Å². The van der Waals surface area contributed by atoms with Crippen LogP contribution in [-0.2, 0) is 37.9 Å². The van der Waals surface area contributed by atoms with Crippen LogP contribution in [0.2, 0.25) is 0 Å². The van der Waals surface area contributed by atoms with Crippen molar-refractivity contribution >= 4 is 29.5 Å². The van der Waals surface area contributed by atoms with Gasteiger partial charge < -0.3 is 25.2 Å². The first-order valence-corrected chi connectivity index (χ1v) is 16.5. The van der Waals surface area contributed by atoms with Gasteiger partial charge in [-0.1, -0.05) is 84.9 Å². The zero-order chi connectivity index (χ0) is 31.7. The van der Waals surface area contributed by atoms with E-state index in [0.717, 1.165) is 22.6 Å². The molecule has 0 saturated heterocycles. The predicted octanol–water partition coefficient (Wildman–Crippen LogP) is 4.99. The van der Waals surface area contributed by atoms with E-state index in [1.807, 2.05) is 97.1 Å². The lowest BCUT2D eigenvalue weighted by Crippen LogP contribution is -2.45. The van der Waals surface area contributed by atoms with Crippen molar-refractivity contribution in [2.24, 2.45) is 5.92 Å². The van der Waals surface area contributed by atoms with Crippen LogP contribution in [0, 0.1) is 5.92 Å². The Hall–Kier alpha value is -4.08. The molecule has 0 spiro atoms. The molecule has 8 nitrogen and oxygen atoms in total. The standard InChI is InChI=1S/C36H42N2O6S/c39-22-31(20-27-16-18-33(19-17-27)43-23-28-10-4-1-5-11-28)37-34(40)21-30-14-8-3-9-15-35(41)44-24-32(38-36(30)42)26-45-25-29-12-6-2-7-13-29/h1-8,10-13,16-19,30-32,39H,9,14-15,20-26H2,(H,37,40)(H,38,42). The van der Waals surface area contributed by atoms with Gasteiger partial charge in [0.05, 0.1) is 24.6 Å². The molecule has 0 saturated carbocycles. The first kappa shape index (κ1) is 33.8. The zero-order valence-electron chi connectivity index (χ0n) is 25.4. The summed E-state index contributed by atoms with van der Waals surface area (Å²) in [6, 6.07) is 26.7. The first-order valence-electron chi connectivity index (χ1n) is 15.4. The Morgan fingerprint density at radius 3 is 2.38 bits per heavy atom. The van der Waals surface area contributed by atoms with E-state index >= 15 is 0 Å². The van der Waals surface area contributed by atoms with Crippen LogP contribution in [0.15, 0.2) is 97.1 Å². The fourth-order valence-electron chi connectivity index (χ4n) is 4.89. The highest BCUT2D eigenvalue weighted by atomic mass is 32.2. The van der Waals surface area contributed by atoms with Crippen molar-refractivity contribution in [1.29, 1.82) is 0 Å². The molecule has 0 radical (unpaired) electrons. The Kier molecular flexibility index (Phi) is 14.0. The minimum absolute atomic E-state index is 0.0252. The molecule has 1 aliphatic heterocycles. The summed E-state index contributed by atoms with van der Waals surface area (Å²) >= 11 is 1.65. The molecule has 9 heteroatoms. The average Bonchev–Trinajstić information content (AvgIpc) is 3.06. The summed E-state index contributed by atoms with van der Waals surface area (Å²) in [5, 5.41) is 15.9. The van der Waals surface area contributed by atoms with E-state index in [2.05, 4.69) is 10.6 Å². The zero-order valence-corrected chi connectivity index (χ0v) is 26.3. The molecule has 3 unspecified atom stereocenters. The van der Waals surface area contributed by atoms with E-state index in [9.17, 15) is 19.5 Å². The van der Waals surface area contributed by atoms with E-state index in [1.54, 1.807) is 11.8 Å². The maximum absolute atomic E-state index is 13.4. The van der Waals surface area contributed by atoms with Crippen LogP contribution >= 0.6 is 11.8 Å². The van der Waals surface area contributed by atoms with Crippen LogP contribution in [0.5, 0.6) is 5.75 Å². The lowest BCUT2D eigenvalue weighted by atomic mass is 9.98. The van der Waals surface area contributed by atoms with Crippen LogP contribution in [0.1, 0.15) is 42.4 Å². The maximum Gasteiger partial charge on any atom is 0.306 e. The molecular weight excluding hydrogens is 588 g/mol. The average molecular weight is 631 g/mol. The molecule has 0 fully saturated rings. The molecule has 238 valence electrons. The summed E-state index contributed by atoms with van der Waals surface area (Å²) in [6.07, 6.45) is 5.24. The number of rotatable bonds is 13. The summed E-state index contributed by atoms with van der Waals surface area (Å²) in [4.78, 5) is 38.6. The van der Waals surface area contributed by atoms with Gasteiger partial charge in [-0.05, 0) is 48.1 Å². The Labute approximate surface area is 269 Å². The van der Waals surface area contributed by atoms with Crippen LogP contribution in [-0.4, -0.2) is 53.9 Å². The molecule has 2 amide bonds. The molecule has 1 heterocycles. The Bertz CT molecular complexity index is 1370. The summed E-state index contributed by atoms with van der Waals surface area (Å²) in [5.74, 6) is 0.599. The number of hydrogen-bond acceptors (Lipinski definition) is 7. The summed E-state index contributed by atoms with van der Waals surface area (Å²) in [7, 11) is 0. The lowest BCUT2D eigenvalue weighted by molar-refractivity contribution is -0.145. The number of nitrogens with one attached hydrogen (secondary N) is 2. The van der Waals surface area contributed by atoms with Crippen molar-refractivity contribution in [3.63, 3.8) is 0 Å². The number of ether oxygens (including phenoxy) is 2. The van der Waals surface area contributed by atoms with Gasteiger partial charge in [0.1, 0.15) is 19.0 Å². The van der Waals surface area contributed by atoms with E-state index in [1.165, 1.54) is 5.56 Å². The third-order valence-electron chi connectivity index (χ3n) is 7.37. The second-order valence-corrected chi connectivity index (χ2v) is 12.1. The predicted molar refractivity (Wildman–Crippen MR) is 177 cm³/mol.